The Morgan fingerprint density at radius 1 is 1.22 bits per heavy atom. The Bertz CT molecular complexity index is 591. The SMILES string of the molecule is CCc1ccc(C(=O)c2cccc(F)c2)c(O)c1. The first kappa shape index (κ1) is 12.3. The summed E-state index contributed by atoms with van der Waals surface area (Å²) in [4.78, 5) is 12.1. The van der Waals surface area contributed by atoms with Crippen LogP contribution in [0.15, 0.2) is 42.5 Å². The van der Waals surface area contributed by atoms with Gasteiger partial charge in [0.2, 0.25) is 0 Å². The molecule has 0 heterocycles. The largest absolute Gasteiger partial charge is 0.507 e. The van der Waals surface area contributed by atoms with E-state index in [9.17, 15) is 14.3 Å². The van der Waals surface area contributed by atoms with Crippen LogP contribution in [0.5, 0.6) is 5.75 Å². The Morgan fingerprint density at radius 3 is 2.61 bits per heavy atom. The fourth-order valence-electron chi connectivity index (χ4n) is 1.77. The van der Waals surface area contributed by atoms with Gasteiger partial charge in [0.25, 0.3) is 0 Å². The summed E-state index contributed by atoms with van der Waals surface area (Å²) in [5.41, 5.74) is 1.37. The van der Waals surface area contributed by atoms with Crippen LogP contribution < -0.4 is 0 Å². The zero-order valence-electron chi connectivity index (χ0n) is 9.98. The van der Waals surface area contributed by atoms with Gasteiger partial charge in [0.1, 0.15) is 11.6 Å². The third-order valence-electron chi connectivity index (χ3n) is 2.80. The van der Waals surface area contributed by atoms with Gasteiger partial charge in [0.15, 0.2) is 5.78 Å². The van der Waals surface area contributed by atoms with Crippen molar-refractivity contribution in [2.45, 2.75) is 13.3 Å². The van der Waals surface area contributed by atoms with Crippen LogP contribution in [0.3, 0.4) is 0 Å². The van der Waals surface area contributed by atoms with Gasteiger partial charge in [0, 0.05) is 5.56 Å². The highest BCUT2D eigenvalue weighted by Crippen LogP contribution is 2.22. The minimum atomic E-state index is -0.467. The van der Waals surface area contributed by atoms with Crippen LogP contribution in [0.25, 0.3) is 0 Å². The number of phenols is 1. The molecule has 0 unspecified atom stereocenters. The van der Waals surface area contributed by atoms with Crippen LogP contribution in [-0.4, -0.2) is 10.9 Å². The zero-order chi connectivity index (χ0) is 13.1. The van der Waals surface area contributed by atoms with Crippen LogP contribution in [0.4, 0.5) is 4.39 Å². The predicted octanol–water partition coefficient (Wildman–Crippen LogP) is 3.32. The minimum absolute atomic E-state index is 0.0661. The average molecular weight is 244 g/mol. The standard InChI is InChI=1S/C15H13FO2/c1-2-10-6-7-13(14(17)8-10)15(18)11-4-3-5-12(16)9-11/h3-9,17H,2H2,1H3. The van der Waals surface area contributed by atoms with E-state index in [-0.39, 0.29) is 22.7 Å². The molecule has 1 N–H and O–H groups in total. The molecule has 2 nitrogen and oxygen atoms in total. The zero-order valence-corrected chi connectivity index (χ0v) is 9.98. The van der Waals surface area contributed by atoms with Gasteiger partial charge in [-0.1, -0.05) is 25.1 Å². The molecular formula is C15H13FO2. The molecule has 0 saturated heterocycles. The maximum absolute atomic E-state index is 13.0. The van der Waals surface area contributed by atoms with Crippen LogP contribution in [0, 0.1) is 5.82 Å². The second-order valence-electron chi connectivity index (χ2n) is 4.04. The monoisotopic (exact) mass is 244 g/mol. The molecule has 0 aromatic heterocycles. The number of halogens is 1. The van der Waals surface area contributed by atoms with Crippen molar-refractivity contribution in [3.63, 3.8) is 0 Å². The van der Waals surface area contributed by atoms with E-state index in [1.165, 1.54) is 18.2 Å². The molecule has 0 spiro atoms. The summed E-state index contributed by atoms with van der Waals surface area (Å²) in [6, 6.07) is 10.4. The van der Waals surface area contributed by atoms with Crippen LogP contribution >= 0.6 is 0 Å². The Kier molecular flexibility index (Phi) is 3.42. The summed E-state index contributed by atoms with van der Waals surface area (Å²) in [5.74, 6) is -0.913. The van der Waals surface area contributed by atoms with Crippen LogP contribution in [-0.2, 0) is 6.42 Å². The van der Waals surface area contributed by atoms with Gasteiger partial charge in [-0.2, -0.15) is 0 Å². The Morgan fingerprint density at radius 2 is 2.00 bits per heavy atom. The molecule has 0 aliphatic rings. The Hall–Kier alpha value is -2.16. The lowest BCUT2D eigenvalue weighted by Crippen LogP contribution is -2.02. The van der Waals surface area contributed by atoms with Gasteiger partial charge in [-0.3, -0.25) is 4.79 Å². The Labute approximate surface area is 105 Å². The number of aryl methyl sites for hydroxylation is 1. The summed E-state index contributed by atoms with van der Waals surface area (Å²) < 4.78 is 13.0. The average Bonchev–Trinajstić information content (AvgIpc) is 2.37. The van der Waals surface area contributed by atoms with Crippen molar-refractivity contribution < 1.29 is 14.3 Å². The number of ketones is 1. The molecule has 0 fully saturated rings. The highest BCUT2D eigenvalue weighted by Gasteiger charge is 2.14. The third kappa shape index (κ3) is 2.40. The molecule has 18 heavy (non-hydrogen) atoms. The third-order valence-corrected chi connectivity index (χ3v) is 2.80. The number of carbonyl (C=O) groups excluding carboxylic acids is 1. The first-order valence-corrected chi connectivity index (χ1v) is 5.74. The van der Waals surface area contributed by atoms with E-state index < -0.39 is 5.82 Å². The number of hydrogen-bond acceptors (Lipinski definition) is 2. The number of carbonyl (C=O) groups is 1. The number of phenolic OH excluding ortho intramolecular Hbond substituents is 1. The first-order valence-electron chi connectivity index (χ1n) is 5.74. The summed E-state index contributed by atoms with van der Waals surface area (Å²) in [7, 11) is 0. The van der Waals surface area contributed by atoms with Crippen molar-refractivity contribution in [1.29, 1.82) is 0 Å². The fourth-order valence-corrected chi connectivity index (χ4v) is 1.77. The van der Waals surface area contributed by atoms with E-state index in [1.807, 2.05) is 6.92 Å². The van der Waals surface area contributed by atoms with Gasteiger partial charge in [-0.25, -0.2) is 4.39 Å². The highest BCUT2D eigenvalue weighted by molar-refractivity contribution is 6.10. The van der Waals surface area contributed by atoms with Crippen LogP contribution in [0.1, 0.15) is 28.4 Å². The van der Waals surface area contributed by atoms with E-state index >= 15 is 0 Å². The predicted molar refractivity (Wildman–Crippen MR) is 67.3 cm³/mol. The summed E-state index contributed by atoms with van der Waals surface area (Å²) in [6.45, 7) is 1.96. The van der Waals surface area contributed by atoms with Gasteiger partial charge in [-0.15, -0.1) is 0 Å². The Balaban J connectivity index is 2.40. The smallest absolute Gasteiger partial charge is 0.196 e. The fraction of sp³-hybridized carbons (Fsp3) is 0.133. The van der Waals surface area contributed by atoms with Crippen molar-refractivity contribution in [3.05, 3.63) is 65.0 Å². The van der Waals surface area contributed by atoms with Crippen molar-refractivity contribution in [3.8, 4) is 5.75 Å². The molecule has 2 aromatic rings. The van der Waals surface area contributed by atoms with Crippen molar-refractivity contribution in [2.75, 3.05) is 0 Å². The number of aromatic hydroxyl groups is 1. The summed E-state index contributed by atoms with van der Waals surface area (Å²) in [5, 5.41) is 9.81. The van der Waals surface area contributed by atoms with E-state index in [1.54, 1.807) is 18.2 Å². The molecular weight excluding hydrogens is 231 g/mol. The van der Waals surface area contributed by atoms with E-state index in [2.05, 4.69) is 0 Å². The minimum Gasteiger partial charge on any atom is -0.507 e. The molecule has 3 heteroatoms. The summed E-state index contributed by atoms with van der Waals surface area (Å²) >= 11 is 0. The molecule has 0 atom stereocenters. The lowest BCUT2D eigenvalue weighted by Gasteiger charge is -2.06. The summed E-state index contributed by atoms with van der Waals surface area (Å²) in [6.07, 6.45) is 0.780. The lowest BCUT2D eigenvalue weighted by molar-refractivity contribution is 0.103. The number of hydrogen-bond donors (Lipinski definition) is 1. The maximum atomic E-state index is 13.0. The molecule has 0 saturated carbocycles. The van der Waals surface area contributed by atoms with Crippen molar-refractivity contribution >= 4 is 5.78 Å². The molecule has 2 aromatic carbocycles. The van der Waals surface area contributed by atoms with Gasteiger partial charge >= 0.3 is 0 Å². The molecule has 0 amide bonds. The van der Waals surface area contributed by atoms with Gasteiger partial charge in [-0.05, 0) is 36.2 Å². The molecule has 0 aliphatic heterocycles. The van der Waals surface area contributed by atoms with Crippen molar-refractivity contribution in [1.82, 2.24) is 0 Å². The number of benzene rings is 2. The van der Waals surface area contributed by atoms with E-state index in [4.69, 9.17) is 0 Å². The topological polar surface area (TPSA) is 37.3 Å². The van der Waals surface area contributed by atoms with E-state index in [0.29, 0.717) is 0 Å². The molecule has 2 rings (SSSR count). The highest BCUT2D eigenvalue weighted by atomic mass is 19.1. The van der Waals surface area contributed by atoms with Crippen LogP contribution in [0.2, 0.25) is 0 Å². The molecule has 0 bridgehead atoms. The van der Waals surface area contributed by atoms with Gasteiger partial charge < -0.3 is 5.11 Å². The van der Waals surface area contributed by atoms with Crippen molar-refractivity contribution in [2.24, 2.45) is 0 Å². The first-order chi connectivity index (χ1) is 8.61. The lowest BCUT2D eigenvalue weighted by atomic mass is 10.0. The second kappa shape index (κ2) is 5.00. The molecule has 0 radical (unpaired) electrons. The number of rotatable bonds is 3. The molecule has 92 valence electrons. The normalized spacial score (nSPS) is 10.3. The van der Waals surface area contributed by atoms with Gasteiger partial charge in [0.05, 0.1) is 5.56 Å². The second-order valence-corrected chi connectivity index (χ2v) is 4.04. The quantitative estimate of drug-likeness (QED) is 0.841. The maximum Gasteiger partial charge on any atom is 0.196 e. The van der Waals surface area contributed by atoms with E-state index in [0.717, 1.165) is 18.1 Å². The molecule has 0 aliphatic carbocycles.